The molecule has 20 heavy (non-hydrogen) atoms. The molecule has 104 valence electrons. The molecule has 0 fully saturated rings. The van der Waals surface area contributed by atoms with E-state index in [1.807, 2.05) is 18.1 Å². The molecular formula is C14H14N2O4. The van der Waals surface area contributed by atoms with Crippen molar-refractivity contribution in [3.05, 3.63) is 47.9 Å². The Hall–Kier alpha value is -2.81. The molecule has 2 rings (SSSR count). The molecular weight excluding hydrogens is 260 g/mol. The maximum atomic E-state index is 11.2. The number of hydrogen-bond acceptors (Lipinski definition) is 5. The van der Waals surface area contributed by atoms with E-state index < -0.39 is 5.97 Å². The molecule has 1 aromatic carbocycles. The lowest BCUT2D eigenvalue weighted by Gasteiger charge is -2.00. The minimum absolute atomic E-state index is 0.0498. The molecule has 1 aliphatic heterocycles. The molecule has 0 unspecified atom stereocenters. The number of nitriles is 1. The van der Waals surface area contributed by atoms with Crippen molar-refractivity contribution in [2.24, 2.45) is 0 Å². The third kappa shape index (κ3) is 4.82. The van der Waals surface area contributed by atoms with E-state index in [4.69, 9.17) is 15.1 Å². The van der Waals surface area contributed by atoms with E-state index in [0.717, 1.165) is 0 Å². The Morgan fingerprint density at radius 3 is 2.60 bits per heavy atom. The van der Waals surface area contributed by atoms with Gasteiger partial charge in [0.1, 0.15) is 6.26 Å². The SMILES string of the molecule is CN1C=COC1.N#CCC(=O)c1cccc(C(=O)O)c1. The summed E-state index contributed by atoms with van der Waals surface area (Å²) >= 11 is 0. The highest BCUT2D eigenvalue weighted by atomic mass is 16.5. The van der Waals surface area contributed by atoms with E-state index in [1.54, 1.807) is 12.3 Å². The monoisotopic (exact) mass is 274 g/mol. The number of benzene rings is 1. The Morgan fingerprint density at radius 2 is 2.15 bits per heavy atom. The zero-order valence-corrected chi connectivity index (χ0v) is 10.9. The van der Waals surface area contributed by atoms with E-state index >= 15 is 0 Å². The number of ether oxygens (including phenoxy) is 1. The summed E-state index contributed by atoms with van der Waals surface area (Å²) in [5.41, 5.74) is 0.306. The number of carboxylic acid groups (broad SMARTS) is 1. The first-order chi connectivity index (χ1) is 9.54. The summed E-state index contributed by atoms with van der Waals surface area (Å²) in [5, 5.41) is 16.9. The largest absolute Gasteiger partial charge is 0.479 e. The number of nitrogens with zero attached hydrogens (tertiary/aromatic N) is 2. The Bertz CT molecular complexity index is 561. The Labute approximate surface area is 116 Å². The Balaban J connectivity index is 0.000000276. The number of ketones is 1. The van der Waals surface area contributed by atoms with Gasteiger partial charge in [-0.15, -0.1) is 0 Å². The standard InChI is InChI=1S/C10H7NO3.C4H7NO/c11-5-4-9(12)7-2-1-3-8(6-7)10(13)14;1-5-2-3-6-4-5/h1-3,6H,4H2,(H,13,14);2-3H,4H2,1H3. The van der Waals surface area contributed by atoms with Gasteiger partial charge in [0.2, 0.25) is 0 Å². The molecule has 1 heterocycles. The van der Waals surface area contributed by atoms with Crippen LogP contribution in [0.3, 0.4) is 0 Å². The minimum atomic E-state index is -1.09. The lowest BCUT2D eigenvalue weighted by Crippen LogP contribution is -2.05. The molecule has 0 bridgehead atoms. The van der Waals surface area contributed by atoms with Crippen LogP contribution in [0.2, 0.25) is 0 Å². The molecule has 1 aromatic rings. The van der Waals surface area contributed by atoms with Gasteiger partial charge in [0, 0.05) is 18.8 Å². The van der Waals surface area contributed by atoms with E-state index in [2.05, 4.69) is 0 Å². The molecule has 6 nitrogen and oxygen atoms in total. The van der Waals surface area contributed by atoms with Crippen molar-refractivity contribution >= 4 is 11.8 Å². The summed E-state index contributed by atoms with van der Waals surface area (Å²) in [6.45, 7) is 0.708. The maximum Gasteiger partial charge on any atom is 0.335 e. The molecule has 0 atom stereocenters. The van der Waals surface area contributed by atoms with Gasteiger partial charge in [-0.05, 0) is 12.1 Å². The molecule has 0 saturated heterocycles. The van der Waals surface area contributed by atoms with Crippen molar-refractivity contribution in [3.63, 3.8) is 0 Å². The second kappa shape index (κ2) is 7.59. The fourth-order valence-electron chi connectivity index (χ4n) is 1.35. The van der Waals surface area contributed by atoms with Crippen molar-refractivity contribution in [2.75, 3.05) is 13.8 Å². The number of carbonyl (C=O) groups is 2. The summed E-state index contributed by atoms with van der Waals surface area (Å²) in [6, 6.07) is 7.35. The fourth-order valence-corrected chi connectivity index (χ4v) is 1.35. The maximum absolute atomic E-state index is 11.2. The smallest absolute Gasteiger partial charge is 0.335 e. The van der Waals surface area contributed by atoms with E-state index in [9.17, 15) is 9.59 Å². The van der Waals surface area contributed by atoms with E-state index in [-0.39, 0.29) is 23.3 Å². The number of aromatic carboxylic acids is 1. The van der Waals surface area contributed by atoms with Gasteiger partial charge in [-0.1, -0.05) is 12.1 Å². The van der Waals surface area contributed by atoms with Crippen molar-refractivity contribution in [3.8, 4) is 6.07 Å². The molecule has 0 saturated carbocycles. The van der Waals surface area contributed by atoms with Crippen LogP contribution in [0.1, 0.15) is 27.1 Å². The third-order valence-corrected chi connectivity index (χ3v) is 2.36. The first-order valence-corrected chi connectivity index (χ1v) is 5.76. The first-order valence-electron chi connectivity index (χ1n) is 5.76. The highest BCUT2D eigenvalue weighted by Crippen LogP contribution is 2.07. The van der Waals surface area contributed by atoms with Crippen molar-refractivity contribution < 1.29 is 19.4 Å². The van der Waals surface area contributed by atoms with Crippen LogP contribution in [0, 0.1) is 11.3 Å². The zero-order chi connectivity index (χ0) is 15.0. The van der Waals surface area contributed by atoms with Gasteiger partial charge in [0.05, 0.1) is 18.1 Å². The molecule has 0 spiro atoms. The van der Waals surface area contributed by atoms with Crippen molar-refractivity contribution in [2.45, 2.75) is 6.42 Å². The van der Waals surface area contributed by atoms with Crippen LogP contribution in [-0.2, 0) is 4.74 Å². The van der Waals surface area contributed by atoms with Crippen LogP contribution in [0.5, 0.6) is 0 Å². The fraction of sp³-hybridized carbons (Fsp3) is 0.214. The van der Waals surface area contributed by atoms with Gasteiger partial charge in [-0.3, -0.25) is 4.79 Å². The summed E-state index contributed by atoms with van der Waals surface area (Å²) in [7, 11) is 1.96. The van der Waals surface area contributed by atoms with Crippen LogP contribution < -0.4 is 0 Å². The molecule has 1 N–H and O–H groups in total. The number of hydrogen-bond donors (Lipinski definition) is 1. The topological polar surface area (TPSA) is 90.6 Å². The number of Topliss-reactive ketones (excluding diaryl/α,β-unsaturated/α-hetero) is 1. The average molecular weight is 274 g/mol. The summed E-state index contributed by atoms with van der Waals surface area (Å²) < 4.78 is 4.80. The second-order valence-electron chi connectivity index (χ2n) is 3.98. The molecule has 0 radical (unpaired) electrons. The van der Waals surface area contributed by atoms with Crippen molar-refractivity contribution in [1.82, 2.24) is 4.90 Å². The highest BCUT2D eigenvalue weighted by molar-refractivity contribution is 5.99. The first kappa shape index (κ1) is 15.2. The lowest BCUT2D eigenvalue weighted by atomic mass is 10.1. The van der Waals surface area contributed by atoms with Gasteiger partial charge in [-0.2, -0.15) is 5.26 Å². The van der Waals surface area contributed by atoms with Crippen LogP contribution in [-0.4, -0.2) is 35.5 Å². The van der Waals surface area contributed by atoms with Gasteiger partial charge in [0.15, 0.2) is 12.5 Å². The number of carbonyl (C=O) groups excluding carboxylic acids is 1. The van der Waals surface area contributed by atoms with Crippen LogP contribution in [0.4, 0.5) is 0 Å². The number of carboxylic acids is 1. The van der Waals surface area contributed by atoms with E-state index in [1.165, 1.54) is 24.3 Å². The minimum Gasteiger partial charge on any atom is -0.479 e. The quantitative estimate of drug-likeness (QED) is 0.846. The molecule has 0 aliphatic carbocycles. The molecule has 1 aliphatic rings. The summed E-state index contributed by atoms with van der Waals surface area (Å²) in [4.78, 5) is 23.7. The van der Waals surface area contributed by atoms with Crippen LogP contribution in [0.15, 0.2) is 36.7 Å². The molecule has 0 aromatic heterocycles. The highest BCUT2D eigenvalue weighted by Gasteiger charge is 2.08. The van der Waals surface area contributed by atoms with Gasteiger partial charge in [0.25, 0.3) is 0 Å². The van der Waals surface area contributed by atoms with Gasteiger partial charge < -0.3 is 14.7 Å². The van der Waals surface area contributed by atoms with Crippen LogP contribution >= 0.6 is 0 Å². The predicted octanol–water partition coefficient (Wildman–Crippen LogP) is 1.86. The lowest BCUT2D eigenvalue weighted by molar-refractivity contribution is 0.0697. The summed E-state index contributed by atoms with van der Waals surface area (Å²) in [6.07, 6.45) is 3.34. The van der Waals surface area contributed by atoms with Gasteiger partial charge >= 0.3 is 5.97 Å². The zero-order valence-electron chi connectivity index (χ0n) is 10.9. The second-order valence-corrected chi connectivity index (χ2v) is 3.98. The third-order valence-electron chi connectivity index (χ3n) is 2.36. The normalized spacial score (nSPS) is 11.9. The van der Waals surface area contributed by atoms with Gasteiger partial charge in [-0.25, -0.2) is 4.79 Å². The Morgan fingerprint density at radius 1 is 1.45 bits per heavy atom. The molecule has 6 heteroatoms. The van der Waals surface area contributed by atoms with E-state index in [0.29, 0.717) is 6.73 Å². The number of rotatable bonds is 3. The Kier molecular flexibility index (Phi) is 5.78. The van der Waals surface area contributed by atoms with Crippen LogP contribution in [0.25, 0.3) is 0 Å². The predicted molar refractivity (Wildman–Crippen MR) is 70.8 cm³/mol. The molecule has 0 amide bonds. The average Bonchev–Trinajstić information content (AvgIpc) is 2.91. The van der Waals surface area contributed by atoms with Crippen molar-refractivity contribution in [1.29, 1.82) is 5.26 Å². The summed E-state index contributed by atoms with van der Waals surface area (Å²) in [5.74, 6) is -1.45.